The Morgan fingerprint density at radius 3 is 2.25 bits per heavy atom. The first kappa shape index (κ1) is 17.3. The largest absolute Gasteiger partial charge is 0.357 e. The molecule has 0 unspecified atom stereocenters. The highest BCUT2D eigenvalue weighted by Gasteiger charge is 2.08. The second kappa shape index (κ2) is 9.19. The number of rotatable bonds is 9. The van der Waals surface area contributed by atoms with E-state index < -0.39 is 0 Å². The van der Waals surface area contributed by atoms with Crippen LogP contribution < -0.4 is 4.90 Å². The molecule has 0 radical (unpaired) electrons. The maximum absolute atomic E-state index is 5.89. The molecule has 1 rings (SSSR count). The second-order valence-electron chi connectivity index (χ2n) is 5.01. The van der Waals surface area contributed by atoms with Crippen LogP contribution in [0.2, 0.25) is 0 Å². The van der Waals surface area contributed by atoms with Crippen LogP contribution in [-0.4, -0.2) is 42.6 Å². The molecular formula is C16H28ClN3. The highest BCUT2D eigenvalue weighted by atomic mass is 35.5. The van der Waals surface area contributed by atoms with Crippen LogP contribution in [0.4, 0.5) is 5.82 Å². The van der Waals surface area contributed by atoms with Gasteiger partial charge in [-0.25, -0.2) is 4.98 Å². The highest BCUT2D eigenvalue weighted by molar-refractivity contribution is 6.17. The monoisotopic (exact) mass is 297 g/mol. The molecule has 1 aromatic heterocycles. The molecule has 0 saturated heterocycles. The van der Waals surface area contributed by atoms with Gasteiger partial charge in [-0.3, -0.25) is 0 Å². The Hall–Kier alpha value is -0.800. The third-order valence-corrected chi connectivity index (χ3v) is 4.11. The summed E-state index contributed by atoms with van der Waals surface area (Å²) >= 11 is 5.89. The van der Waals surface area contributed by atoms with Crippen LogP contribution in [-0.2, 0) is 5.88 Å². The van der Waals surface area contributed by atoms with Crippen LogP contribution in [0.1, 0.15) is 38.4 Å². The molecule has 0 aliphatic heterocycles. The number of aromatic nitrogens is 1. The number of hydrogen-bond donors (Lipinski definition) is 0. The van der Waals surface area contributed by atoms with Gasteiger partial charge in [0.2, 0.25) is 0 Å². The molecule has 1 heterocycles. The van der Waals surface area contributed by atoms with E-state index in [0.29, 0.717) is 5.88 Å². The third-order valence-electron chi connectivity index (χ3n) is 3.83. The number of anilines is 1. The molecule has 0 amide bonds. The molecule has 0 saturated carbocycles. The molecule has 0 bridgehead atoms. The molecule has 0 aliphatic rings. The number of nitrogens with zero attached hydrogens (tertiary/aromatic N) is 3. The summed E-state index contributed by atoms with van der Waals surface area (Å²) in [6.45, 7) is 14.1. The number of halogens is 1. The Labute approximate surface area is 128 Å². The highest BCUT2D eigenvalue weighted by Crippen LogP contribution is 2.16. The van der Waals surface area contributed by atoms with Crippen molar-refractivity contribution in [1.29, 1.82) is 0 Å². The average molecular weight is 298 g/mol. The number of pyridine rings is 1. The van der Waals surface area contributed by atoms with E-state index in [0.717, 1.165) is 49.8 Å². The lowest BCUT2D eigenvalue weighted by atomic mass is 10.2. The van der Waals surface area contributed by atoms with Gasteiger partial charge in [-0.15, -0.1) is 11.6 Å². The van der Waals surface area contributed by atoms with Gasteiger partial charge in [0.15, 0.2) is 0 Å². The van der Waals surface area contributed by atoms with E-state index in [2.05, 4.69) is 47.7 Å². The van der Waals surface area contributed by atoms with Gasteiger partial charge in [-0.05, 0) is 51.5 Å². The molecule has 114 valence electrons. The van der Waals surface area contributed by atoms with E-state index in [9.17, 15) is 0 Å². The predicted molar refractivity (Wildman–Crippen MR) is 88.8 cm³/mol. The van der Waals surface area contributed by atoms with E-state index in [1.165, 1.54) is 6.42 Å². The first-order valence-electron chi connectivity index (χ1n) is 7.65. The van der Waals surface area contributed by atoms with Gasteiger partial charge < -0.3 is 9.80 Å². The molecule has 0 spiro atoms. The van der Waals surface area contributed by atoms with Crippen molar-refractivity contribution in [2.75, 3.05) is 37.6 Å². The van der Waals surface area contributed by atoms with Gasteiger partial charge >= 0.3 is 0 Å². The molecule has 1 aromatic rings. The van der Waals surface area contributed by atoms with Gasteiger partial charge in [0.25, 0.3) is 0 Å². The Balaban J connectivity index is 2.59. The Bertz CT molecular complexity index is 391. The van der Waals surface area contributed by atoms with E-state index in [1.54, 1.807) is 0 Å². The van der Waals surface area contributed by atoms with Gasteiger partial charge in [-0.1, -0.05) is 19.9 Å². The number of aryl methyl sites for hydroxylation is 1. The zero-order valence-electron chi connectivity index (χ0n) is 13.3. The SMILES string of the molecule is CCN(CC)CCCN(CC)c1ccc(CCl)c(C)n1. The molecule has 20 heavy (non-hydrogen) atoms. The average Bonchev–Trinajstić information content (AvgIpc) is 2.47. The molecular weight excluding hydrogens is 270 g/mol. The summed E-state index contributed by atoms with van der Waals surface area (Å²) in [4.78, 5) is 9.48. The predicted octanol–water partition coefficient (Wildman–Crippen LogP) is 3.69. The van der Waals surface area contributed by atoms with Crippen molar-refractivity contribution in [3.63, 3.8) is 0 Å². The summed E-state index contributed by atoms with van der Waals surface area (Å²) < 4.78 is 0. The molecule has 0 fully saturated rings. The van der Waals surface area contributed by atoms with Crippen LogP contribution in [0.5, 0.6) is 0 Å². The van der Waals surface area contributed by atoms with Crippen molar-refractivity contribution in [1.82, 2.24) is 9.88 Å². The summed E-state index contributed by atoms with van der Waals surface area (Å²) in [5, 5.41) is 0. The Morgan fingerprint density at radius 2 is 1.75 bits per heavy atom. The van der Waals surface area contributed by atoms with Gasteiger partial charge in [0.1, 0.15) is 5.82 Å². The minimum atomic E-state index is 0.535. The lowest BCUT2D eigenvalue weighted by Gasteiger charge is -2.25. The third kappa shape index (κ3) is 4.95. The Kier molecular flexibility index (Phi) is 7.93. The van der Waals surface area contributed by atoms with Crippen molar-refractivity contribution in [2.24, 2.45) is 0 Å². The zero-order chi connectivity index (χ0) is 15.0. The fourth-order valence-corrected chi connectivity index (χ4v) is 2.64. The van der Waals surface area contributed by atoms with Gasteiger partial charge in [-0.2, -0.15) is 0 Å². The minimum Gasteiger partial charge on any atom is -0.357 e. The second-order valence-corrected chi connectivity index (χ2v) is 5.27. The fourth-order valence-electron chi connectivity index (χ4n) is 2.35. The van der Waals surface area contributed by atoms with Crippen molar-refractivity contribution in [3.8, 4) is 0 Å². The molecule has 0 aromatic carbocycles. The quantitative estimate of drug-likeness (QED) is 0.648. The Morgan fingerprint density at radius 1 is 1.05 bits per heavy atom. The maximum atomic E-state index is 5.89. The van der Waals surface area contributed by atoms with Crippen molar-refractivity contribution in [3.05, 3.63) is 23.4 Å². The van der Waals surface area contributed by atoms with Gasteiger partial charge in [0.05, 0.1) is 0 Å². The molecule has 0 N–H and O–H groups in total. The summed E-state index contributed by atoms with van der Waals surface area (Å²) in [6, 6.07) is 4.18. The zero-order valence-corrected chi connectivity index (χ0v) is 14.1. The maximum Gasteiger partial charge on any atom is 0.128 e. The summed E-state index contributed by atoms with van der Waals surface area (Å²) in [7, 11) is 0. The van der Waals surface area contributed by atoms with E-state index in [-0.39, 0.29) is 0 Å². The molecule has 0 atom stereocenters. The molecule has 3 nitrogen and oxygen atoms in total. The van der Waals surface area contributed by atoms with Crippen LogP contribution >= 0.6 is 11.6 Å². The lowest BCUT2D eigenvalue weighted by Crippen LogP contribution is -2.30. The van der Waals surface area contributed by atoms with E-state index in [4.69, 9.17) is 11.6 Å². The normalized spacial score (nSPS) is 11.1. The number of hydrogen-bond acceptors (Lipinski definition) is 3. The lowest BCUT2D eigenvalue weighted by molar-refractivity contribution is 0.300. The fraction of sp³-hybridized carbons (Fsp3) is 0.688. The van der Waals surface area contributed by atoms with Crippen LogP contribution in [0, 0.1) is 6.92 Å². The van der Waals surface area contributed by atoms with Crippen molar-refractivity contribution in [2.45, 2.75) is 40.0 Å². The standard InChI is InChI=1S/C16H28ClN3/c1-5-19(6-2)11-8-12-20(7-3)16-10-9-15(13-17)14(4)18-16/h9-10H,5-8,11-13H2,1-4H3. The minimum absolute atomic E-state index is 0.535. The van der Waals surface area contributed by atoms with Crippen molar-refractivity contribution < 1.29 is 0 Å². The number of alkyl halides is 1. The molecule has 0 aliphatic carbocycles. The molecule has 4 heteroatoms. The van der Waals surface area contributed by atoms with E-state index >= 15 is 0 Å². The van der Waals surface area contributed by atoms with E-state index in [1.807, 2.05) is 6.92 Å². The topological polar surface area (TPSA) is 19.4 Å². The van der Waals surface area contributed by atoms with Crippen LogP contribution in [0.25, 0.3) is 0 Å². The first-order valence-corrected chi connectivity index (χ1v) is 8.19. The first-order chi connectivity index (χ1) is 9.65. The van der Waals surface area contributed by atoms with Crippen LogP contribution in [0.15, 0.2) is 12.1 Å². The summed E-state index contributed by atoms with van der Waals surface area (Å²) in [5.41, 5.74) is 2.16. The summed E-state index contributed by atoms with van der Waals surface area (Å²) in [5.74, 6) is 1.60. The summed E-state index contributed by atoms with van der Waals surface area (Å²) in [6.07, 6.45) is 1.17. The van der Waals surface area contributed by atoms with Crippen molar-refractivity contribution >= 4 is 17.4 Å². The van der Waals surface area contributed by atoms with Crippen LogP contribution in [0.3, 0.4) is 0 Å². The smallest absolute Gasteiger partial charge is 0.128 e. The van der Waals surface area contributed by atoms with Gasteiger partial charge in [0, 0.05) is 24.7 Å².